The zero-order chi connectivity index (χ0) is 13.1. The van der Waals surface area contributed by atoms with E-state index in [1.165, 1.54) is 17.4 Å². The molecule has 2 heterocycles. The molecule has 0 aliphatic carbocycles. The lowest BCUT2D eigenvalue weighted by Crippen LogP contribution is -2.02. The molecule has 0 amide bonds. The molecule has 2 rings (SSSR count). The van der Waals surface area contributed by atoms with Gasteiger partial charge in [-0.15, -0.1) is 11.3 Å². The second-order valence-corrected chi connectivity index (χ2v) is 5.61. The molecule has 0 aliphatic heterocycles. The van der Waals surface area contributed by atoms with Gasteiger partial charge < -0.3 is 5.73 Å². The molecule has 5 heteroatoms. The van der Waals surface area contributed by atoms with Crippen LogP contribution in [-0.4, -0.2) is 9.97 Å². The topological polar surface area (TPSA) is 51.8 Å². The SMILES string of the molecule is CC(C)Cc1nc(-c2ncccc2F)sc1CN. The number of nitrogens with zero attached hydrogens (tertiary/aromatic N) is 2. The highest BCUT2D eigenvalue weighted by Crippen LogP contribution is 2.29. The van der Waals surface area contributed by atoms with Crippen LogP contribution in [0, 0.1) is 11.7 Å². The third-order valence-electron chi connectivity index (χ3n) is 2.53. The average molecular weight is 265 g/mol. The van der Waals surface area contributed by atoms with E-state index in [0.29, 0.717) is 23.2 Å². The van der Waals surface area contributed by atoms with E-state index in [4.69, 9.17) is 5.73 Å². The standard InChI is InChI=1S/C13H16FN3S/c1-8(2)6-10-11(7-15)18-13(17-10)12-9(14)4-3-5-16-12/h3-5,8H,6-7,15H2,1-2H3. The lowest BCUT2D eigenvalue weighted by Gasteiger charge is -2.02. The third-order valence-corrected chi connectivity index (χ3v) is 3.65. The summed E-state index contributed by atoms with van der Waals surface area (Å²) in [5.74, 6) is 0.157. The third kappa shape index (κ3) is 2.73. The molecule has 0 unspecified atom stereocenters. The van der Waals surface area contributed by atoms with Crippen LogP contribution < -0.4 is 5.73 Å². The molecular weight excluding hydrogens is 249 g/mol. The summed E-state index contributed by atoms with van der Waals surface area (Å²) in [7, 11) is 0. The summed E-state index contributed by atoms with van der Waals surface area (Å²) in [6, 6.07) is 2.97. The van der Waals surface area contributed by atoms with Crippen LogP contribution in [0.15, 0.2) is 18.3 Å². The molecule has 0 aromatic carbocycles. The Morgan fingerprint density at radius 3 is 2.83 bits per heavy atom. The van der Waals surface area contributed by atoms with E-state index in [9.17, 15) is 4.39 Å². The van der Waals surface area contributed by atoms with E-state index in [2.05, 4.69) is 23.8 Å². The number of hydrogen-bond donors (Lipinski definition) is 1. The minimum absolute atomic E-state index is 0.312. The molecule has 0 radical (unpaired) electrons. The van der Waals surface area contributed by atoms with Gasteiger partial charge in [0, 0.05) is 17.6 Å². The number of halogens is 1. The summed E-state index contributed by atoms with van der Waals surface area (Å²) in [5.41, 5.74) is 6.99. The van der Waals surface area contributed by atoms with Gasteiger partial charge >= 0.3 is 0 Å². The fourth-order valence-electron chi connectivity index (χ4n) is 1.73. The quantitative estimate of drug-likeness (QED) is 0.924. The molecule has 0 saturated carbocycles. The van der Waals surface area contributed by atoms with Gasteiger partial charge in [-0.3, -0.25) is 4.98 Å². The maximum Gasteiger partial charge on any atom is 0.151 e. The van der Waals surface area contributed by atoms with Crippen molar-refractivity contribution in [2.45, 2.75) is 26.8 Å². The molecule has 2 aromatic rings. The highest BCUT2D eigenvalue weighted by atomic mass is 32.1. The molecule has 2 aromatic heterocycles. The highest BCUT2D eigenvalue weighted by Gasteiger charge is 2.15. The molecular formula is C13H16FN3S. The van der Waals surface area contributed by atoms with Crippen LogP contribution in [0.2, 0.25) is 0 Å². The van der Waals surface area contributed by atoms with Crippen LogP contribution in [0.4, 0.5) is 4.39 Å². The molecule has 3 nitrogen and oxygen atoms in total. The molecule has 96 valence electrons. The van der Waals surface area contributed by atoms with Gasteiger partial charge in [-0.1, -0.05) is 13.8 Å². The Kier molecular flexibility index (Phi) is 4.04. The van der Waals surface area contributed by atoms with Crippen molar-refractivity contribution in [3.8, 4) is 10.7 Å². The van der Waals surface area contributed by atoms with Crippen molar-refractivity contribution in [3.05, 3.63) is 34.7 Å². The first-order valence-corrected chi connectivity index (χ1v) is 6.73. The minimum Gasteiger partial charge on any atom is -0.326 e. The lowest BCUT2D eigenvalue weighted by molar-refractivity contribution is 0.623. The van der Waals surface area contributed by atoms with E-state index < -0.39 is 0 Å². The first-order valence-electron chi connectivity index (χ1n) is 5.91. The minimum atomic E-state index is -0.342. The van der Waals surface area contributed by atoms with Gasteiger partial charge in [-0.05, 0) is 24.5 Å². The maximum atomic E-state index is 13.7. The van der Waals surface area contributed by atoms with Crippen molar-refractivity contribution in [1.82, 2.24) is 9.97 Å². The first-order chi connectivity index (χ1) is 8.61. The second kappa shape index (κ2) is 5.54. The number of thiazole rings is 1. The van der Waals surface area contributed by atoms with E-state index in [1.807, 2.05) is 0 Å². The number of nitrogens with two attached hydrogens (primary N) is 1. The normalized spacial score (nSPS) is 11.2. The van der Waals surface area contributed by atoms with Gasteiger partial charge in [-0.25, -0.2) is 9.37 Å². The van der Waals surface area contributed by atoms with Gasteiger partial charge in [0.2, 0.25) is 0 Å². The van der Waals surface area contributed by atoms with Crippen molar-refractivity contribution in [3.63, 3.8) is 0 Å². The van der Waals surface area contributed by atoms with Crippen molar-refractivity contribution >= 4 is 11.3 Å². The average Bonchev–Trinajstić information content (AvgIpc) is 2.71. The molecule has 0 bridgehead atoms. The van der Waals surface area contributed by atoms with E-state index >= 15 is 0 Å². The van der Waals surface area contributed by atoms with E-state index in [1.54, 1.807) is 12.3 Å². The Morgan fingerprint density at radius 2 is 2.22 bits per heavy atom. The number of aromatic nitrogens is 2. The summed E-state index contributed by atoms with van der Waals surface area (Å²) >= 11 is 1.43. The molecule has 0 spiro atoms. The molecule has 18 heavy (non-hydrogen) atoms. The van der Waals surface area contributed by atoms with Crippen LogP contribution in [0.5, 0.6) is 0 Å². The van der Waals surface area contributed by atoms with Crippen molar-refractivity contribution < 1.29 is 4.39 Å². The largest absolute Gasteiger partial charge is 0.326 e. The Bertz CT molecular complexity index is 537. The second-order valence-electron chi connectivity index (χ2n) is 4.52. The predicted molar refractivity (Wildman–Crippen MR) is 71.7 cm³/mol. The zero-order valence-electron chi connectivity index (χ0n) is 10.5. The summed E-state index contributed by atoms with van der Waals surface area (Å²) in [5, 5.41) is 0.615. The van der Waals surface area contributed by atoms with Crippen LogP contribution in [0.1, 0.15) is 24.4 Å². The van der Waals surface area contributed by atoms with Crippen molar-refractivity contribution in [2.75, 3.05) is 0 Å². The van der Waals surface area contributed by atoms with Gasteiger partial charge in [0.25, 0.3) is 0 Å². The summed E-state index contributed by atoms with van der Waals surface area (Å²) < 4.78 is 13.7. The molecule has 0 saturated heterocycles. The van der Waals surface area contributed by atoms with Gasteiger partial charge in [-0.2, -0.15) is 0 Å². The molecule has 0 atom stereocenters. The van der Waals surface area contributed by atoms with Gasteiger partial charge in [0.15, 0.2) is 5.82 Å². The van der Waals surface area contributed by atoms with Crippen molar-refractivity contribution in [2.24, 2.45) is 11.7 Å². The lowest BCUT2D eigenvalue weighted by atomic mass is 10.1. The van der Waals surface area contributed by atoms with Crippen LogP contribution in [0.3, 0.4) is 0 Å². The van der Waals surface area contributed by atoms with Gasteiger partial charge in [0.05, 0.1) is 5.69 Å². The van der Waals surface area contributed by atoms with Crippen LogP contribution in [0.25, 0.3) is 10.7 Å². The summed E-state index contributed by atoms with van der Waals surface area (Å²) in [4.78, 5) is 9.55. The monoisotopic (exact) mass is 265 g/mol. The fourth-order valence-corrected chi connectivity index (χ4v) is 2.70. The molecule has 2 N–H and O–H groups in total. The Morgan fingerprint density at radius 1 is 1.44 bits per heavy atom. The van der Waals surface area contributed by atoms with E-state index in [0.717, 1.165) is 17.0 Å². The number of rotatable bonds is 4. The van der Waals surface area contributed by atoms with Crippen molar-refractivity contribution in [1.29, 1.82) is 0 Å². The van der Waals surface area contributed by atoms with Crippen LogP contribution in [-0.2, 0) is 13.0 Å². The van der Waals surface area contributed by atoms with Gasteiger partial charge in [0.1, 0.15) is 10.7 Å². The summed E-state index contributed by atoms with van der Waals surface area (Å²) in [6.45, 7) is 4.69. The Labute approximate surface area is 110 Å². The molecule has 0 fully saturated rings. The summed E-state index contributed by atoms with van der Waals surface area (Å²) in [6.07, 6.45) is 2.43. The molecule has 0 aliphatic rings. The Balaban J connectivity index is 2.41. The van der Waals surface area contributed by atoms with Crippen LogP contribution >= 0.6 is 11.3 Å². The predicted octanol–water partition coefficient (Wildman–Crippen LogP) is 3.00. The Hall–Kier alpha value is -1.33. The fraction of sp³-hybridized carbons (Fsp3) is 0.385. The zero-order valence-corrected chi connectivity index (χ0v) is 11.3. The van der Waals surface area contributed by atoms with E-state index in [-0.39, 0.29) is 5.82 Å². The highest BCUT2D eigenvalue weighted by molar-refractivity contribution is 7.15. The number of pyridine rings is 1. The first kappa shape index (κ1) is 13.1. The maximum absolute atomic E-state index is 13.7. The number of hydrogen-bond acceptors (Lipinski definition) is 4. The smallest absolute Gasteiger partial charge is 0.151 e.